The topological polar surface area (TPSA) is 46.3 Å². The molecule has 2 atom stereocenters. The van der Waals surface area contributed by atoms with E-state index in [9.17, 15) is 4.79 Å². The summed E-state index contributed by atoms with van der Waals surface area (Å²) in [7, 11) is 0. The Morgan fingerprint density at radius 1 is 1.35 bits per heavy atom. The molecule has 0 saturated heterocycles. The highest BCUT2D eigenvalue weighted by Gasteiger charge is 2.32. The van der Waals surface area contributed by atoms with E-state index in [1.807, 2.05) is 42.2 Å². The lowest BCUT2D eigenvalue weighted by Gasteiger charge is -2.30. The zero-order valence-corrected chi connectivity index (χ0v) is 12.0. The predicted molar refractivity (Wildman–Crippen MR) is 80.9 cm³/mol. The molecule has 1 aromatic rings. The van der Waals surface area contributed by atoms with E-state index in [4.69, 9.17) is 5.73 Å². The van der Waals surface area contributed by atoms with Crippen LogP contribution in [0.25, 0.3) is 0 Å². The van der Waals surface area contributed by atoms with Gasteiger partial charge in [0.25, 0.3) is 5.91 Å². The minimum atomic E-state index is -0.0818. The summed E-state index contributed by atoms with van der Waals surface area (Å²) >= 11 is 0. The van der Waals surface area contributed by atoms with Gasteiger partial charge in [-0.15, -0.1) is 0 Å². The lowest BCUT2D eigenvalue weighted by molar-refractivity contribution is -0.127. The Morgan fingerprint density at radius 2 is 2.10 bits per heavy atom. The molecular formula is C17H22N2O. The molecule has 1 fully saturated rings. The molecule has 3 heteroatoms. The number of hydrogen-bond acceptors (Lipinski definition) is 2. The molecule has 20 heavy (non-hydrogen) atoms. The van der Waals surface area contributed by atoms with Gasteiger partial charge in [-0.25, -0.2) is 0 Å². The van der Waals surface area contributed by atoms with Crippen molar-refractivity contribution in [3.63, 3.8) is 0 Å². The Bertz CT molecular complexity index is 501. The van der Waals surface area contributed by atoms with Crippen LogP contribution in [0, 0.1) is 17.8 Å². The van der Waals surface area contributed by atoms with E-state index in [1.165, 1.54) is 0 Å². The summed E-state index contributed by atoms with van der Waals surface area (Å²) in [6, 6.07) is 9.88. The van der Waals surface area contributed by atoms with Crippen LogP contribution in [-0.2, 0) is 4.79 Å². The van der Waals surface area contributed by atoms with Crippen molar-refractivity contribution in [1.29, 1.82) is 0 Å². The maximum absolute atomic E-state index is 12.3. The molecule has 0 heterocycles. The first-order chi connectivity index (χ1) is 9.76. The van der Waals surface area contributed by atoms with E-state index in [0.29, 0.717) is 19.0 Å². The molecule has 0 radical (unpaired) electrons. The monoisotopic (exact) mass is 270 g/mol. The Kier molecular flexibility index (Phi) is 5.20. The quantitative estimate of drug-likeness (QED) is 0.854. The van der Waals surface area contributed by atoms with Crippen molar-refractivity contribution in [2.75, 3.05) is 13.1 Å². The highest BCUT2D eigenvalue weighted by Crippen LogP contribution is 2.29. The predicted octanol–water partition coefficient (Wildman–Crippen LogP) is 2.01. The zero-order chi connectivity index (χ0) is 14.4. The average molecular weight is 270 g/mol. The number of nitrogens with two attached hydrogens (primary N) is 1. The van der Waals surface area contributed by atoms with E-state index in [0.717, 1.165) is 24.8 Å². The number of amides is 1. The van der Waals surface area contributed by atoms with Crippen LogP contribution in [0.15, 0.2) is 30.3 Å². The number of rotatable bonds is 3. The Morgan fingerprint density at radius 3 is 2.75 bits per heavy atom. The number of carbonyl (C=O) groups is 1. The molecule has 1 aliphatic rings. The van der Waals surface area contributed by atoms with Gasteiger partial charge in [-0.1, -0.05) is 30.5 Å². The van der Waals surface area contributed by atoms with E-state index in [2.05, 4.69) is 11.8 Å². The minimum absolute atomic E-state index is 0.0818. The van der Waals surface area contributed by atoms with Gasteiger partial charge in [0.2, 0.25) is 0 Å². The first-order valence-electron chi connectivity index (χ1n) is 7.34. The van der Waals surface area contributed by atoms with Gasteiger partial charge in [-0.3, -0.25) is 4.79 Å². The second-order valence-corrected chi connectivity index (χ2v) is 5.20. The summed E-state index contributed by atoms with van der Waals surface area (Å²) in [5.41, 5.74) is 6.68. The first kappa shape index (κ1) is 14.6. The Labute approximate surface area is 121 Å². The van der Waals surface area contributed by atoms with E-state index in [-0.39, 0.29) is 11.9 Å². The van der Waals surface area contributed by atoms with Crippen molar-refractivity contribution in [3.05, 3.63) is 35.9 Å². The maximum atomic E-state index is 12.3. The smallest absolute Gasteiger partial charge is 0.299 e. The van der Waals surface area contributed by atoms with Crippen LogP contribution in [0.1, 0.15) is 31.7 Å². The van der Waals surface area contributed by atoms with Gasteiger partial charge in [0.15, 0.2) is 0 Å². The van der Waals surface area contributed by atoms with Crippen molar-refractivity contribution in [2.24, 2.45) is 11.7 Å². The SMILES string of the molecule is CCN(C(=O)C#Cc1ccccc1)C1CCCC1CN. The molecule has 106 valence electrons. The summed E-state index contributed by atoms with van der Waals surface area (Å²) in [6.45, 7) is 3.36. The molecular weight excluding hydrogens is 248 g/mol. The van der Waals surface area contributed by atoms with Gasteiger partial charge < -0.3 is 10.6 Å². The fourth-order valence-corrected chi connectivity index (χ4v) is 2.95. The van der Waals surface area contributed by atoms with Crippen LogP contribution in [0.4, 0.5) is 0 Å². The second-order valence-electron chi connectivity index (χ2n) is 5.20. The number of carbonyl (C=O) groups excluding carboxylic acids is 1. The fourth-order valence-electron chi connectivity index (χ4n) is 2.95. The zero-order valence-electron chi connectivity index (χ0n) is 12.0. The molecule has 0 aliphatic heterocycles. The fraction of sp³-hybridized carbons (Fsp3) is 0.471. The molecule has 1 saturated carbocycles. The third kappa shape index (κ3) is 3.40. The molecule has 2 unspecified atom stereocenters. The van der Waals surface area contributed by atoms with Crippen molar-refractivity contribution in [2.45, 2.75) is 32.2 Å². The van der Waals surface area contributed by atoms with Gasteiger partial charge in [-0.2, -0.15) is 0 Å². The van der Waals surface area contributed by atoms with Crippen molar-refractivity contribution < 1.29 is 4.79 Å². The minimum Gasteiger partial charge on any atom is -0.330 e. The van der Waals surface area contributed by atoms with Crippen LogP contribution >= 0.6 is 0 Å². The molecule has 0 aromatic heterocycles. The van der Waals surface area contributed by atoms with Crippen LogP contribution in [0.5, 0.6) is 0 Å². The molecule has 1 aliphatic carbocycles. The van der Waals surface area contributed by atoms with Crippen LogP contribution in [0.2, 0.25) is 0 Å². The van der Waals surface area contributed by atoms with E-state index in [1.54, 1.807) is 0 Å². The second kappa shape index (κ2) is 7.12. The summed E-state index contributed by atoms with van der Waals surface area (Å²) < 4.78 is 0. The Balaban J connectivity index is 2.08. The van der Waals surface area contributed by atoms with Crippen molar-refractivity contribution in [1.82, 2.24) is 4.90 Å². The third-order valence-electron chi connectivity index (χ3n) is 4.01. The lowest BCUT2D eigenvalue weighted by Crippen LogP contribution is -2.43. The highest BCUT2D eigenvalue weighted by atomic mass is 16.2. The maximum Gasteiger partial charge on any atom is 0.299 e. The first-order valence-corrected chi connectivity index (χ1v) is 7.34. The Hall–Kier alpha value is -1.79. The standard InChI is InChI=1S/C17H22N2O/c1-2-19(16-10-6-9-15(16)13-18)17(20)12-11-14-7-4-3-5-8-14/h3-5,7-8,15-16H,2,6,9-10,13,18H2,1H3. The average Bonchev–Trinajstić information content (AvgIpc) is 2.95. The highest BCUT2D eigenvalue weighted by molar-refractivity contribution is 5.94. The summed E-state index contributed by atoms with van der Waals surface area (Å²) in [4.78, 5) is 14.2. The molecule has 1 aromatic carbocycles. The number of hydrogen-bond donors (Lipinski definition) is 1. The number of nitrogens with zero attached hydrogens (tertiary/aromatic N) is 1. The van der Waals surface area contributed by atoms with Gasteiger partial charge in [0.1, 0.15) is 0 Å². The molecule has 1 amide bonds. The summed E-state index contributed by atoms with van der Waals surface area (Å²) in [5, 5.41) is 0. The molecule has 2 N–H and O–H groups in total. The van der Waals surface area contributed by atoms with Crippen molar-refractivity contribution in [3.8, 4) is 11.8 Å². The van der Waals surface area contributed by atoms with Gasteiger partial charge in [0.05, 0.1) is 0 Å². The molecule has 0 bridgehead atoms. The van der Waals surface area contributed by atoms with Crippen LogP contribution < -0.4 is 5.73 Å². The summed E-state index contributed by atoms with van der Waals surface area (Å²) in [6.07, 6.45) is 3.33. The lowest BCUT2D eigenvalue weighted by atomic mass is 10.0. The molecule has 3 nitrogen and oxygen atoms in total. The molecule has 0 spiro atoms. The van der Waals surface area contributed by atoms with Gasteiger partial charge >= 0.3 is 0 Å². The van der Waals surface area contributed by atoms with Crippen LogP contribution in [-0.4, -0.2) is 29.9 Å². The van der Waals surface area contributed by atoms with Crippen molar-refractivity contribution >= 4 is 5.91 Å². The summed E-state index contributed by atoms with van der Waals surface area (Å²) in [5.74, 6) is 6.06. The normalized spacial score (nSPS) is 21.1. The number of benzene rings is 1. The van der Waals surface area contributed by atoms with E-state index < -0.39 is 0 Å². The third-order valence-corrected chi connectivity index (χ3v) is 4.01. The molecule has 2 rings (SSSR count). The van der Waals surface area contributed by atoms with Gasteiger partial charge in [-0.05, 0) is 44.4 Å². The van der Waals surface area contributed by atoms with E-state index >= 15 is 0 Å². The van der Waals surface area contributed by atoms with Gasteiger partial charge in [0, 0.05) is 24.1 Å². The largest absolute Gasteiger partial charge is 0.330 e. The van der Waals surface area contributed by atoms with Crippen LogP contribution in [0.3, 0.4) is 0 Å².